The van der Waals surface area contributed by atoms with E-state index in [1.807, 2.05) is 0 Å². The first kappa shape index (κ1) is 6.58. The molecule has 0 aliphatic carbocycles. The van der Waals surface area contributed by atoms with Gasteiger partial charge >= 0.3 is 0 Å². The monoisotopic (exact) mass is 142 g/mol. The van der Waals surface area contributed by atoms with Gasteiger partial charge in [0.25, 0.3) is 0 Å². The van der Waals surface area contributed by atoms with E-state index in [9.17, 15) is 5.11 Å². The van der Waals surface area contributed by atoms with Crippen LogP contribution in [0, 0.1) is 5.92 Å². The predicted octanol–water partition coefficient (Wildman–Crippen LogP) is -0.641. The largest absolute Gasteiger partial charge is 0.374 e. The van der Waals surface area contributed by atoms with E-state index in [0.29, 0.717) is 12.5 Å². The number of hydrogen-bond acceptors (Lipinski definition) is 3. The second kappa shape index (κ2) is 1.94. The molecular weight excluding hydrogens is 128 g/mol. The molecular formula is C7H14N2O. The van der Waals surface area contributed by atoms with Crippen molar-refractivity contribution in [2.75, 3.05) is 19.6 Å². The highest BCUT2D eigenvalue weighted by Gasteiger charge is 2.42. The molecule has 1 unspecified atom stereocenters. The van der Waals surface area contributed by atoms with Crippen LogP contribution in [0.3, 0.4) is 0 Å². The maximum absolute atomic E-state index is 9.60. The van der Waals surface area contributed by atoms with Crippen molar-refractivity contribution in [2.24, 2.45) is 11.7 Å². The number of hydrogen-bond donors (Lipinski definition) is 2. The first-order valence-corrected chi connectivity index (χ1v) is 3.92. The van der Waals surface area contributed by atoms with Crippen LogP contribution in [-0.2, 0) is 0 Å². The van der Waals surface area contributed by atoms with Crippen molar-refractivity contribution < 1.29 is 5.11 Å². The van der Waals surface area contributed by atoms with Gasteiger partial charge in [-0.25, -0.2) is 0 Å². The van der Waals surface area contributed by atoms with Crippen molar-refractivity contribution in [1.82, 2.24) is 4.90 Å². The van der Waals surface area contributed by atoms with Gasteiger partial charge in [-0.15, -0.1) is 0 Å². The van der Waals surface area contributed by atoms with Gasteiger partial charge in [0.2, 0.25) is 0 Å². The number of nitrogens with zero attached hydrogens (tertiary/aromatic N) is 1. The molecule has 3 saturated heterocycles. The fraction of sp³-hybridized carbons (Fsp3) is 1.00. The zero-order chi connectivity index (χ0) is 7.19. The molecule has 1 atom stereocenters. The predicted molar refractivity (Wildman–Crippen MR) is 38.3 cm³/mol. The summed E-state index contributed by atoms with van der Waals surface area (Å²) in [6, 6.07) is 0. The molecule has 3 aliphatic heterocycles. The second-order valence-corrected chi connectivity index (χ2v) is 3.54. The Bertz CT molecular complexity index is 139. The number of nitrogens with two attached hydrogens (primary N) is 1. The van der Waals surface area contributed by atoms with Crippen LogP contribution >= 0.6 is 0 Å². The number of aliphatic hydroxyl groups is 1. The Morgan fingerprint density at radius 3 is 2.20 bits per heavy atom. The highest BCUT2D eigenvalue weighted by molar-refractivity contribution is 4.94. The van der Waals surface area contributed by atoms with Crippen LogP contribution in [-0.4, -0.2) is 35.4 Å². The molecule has 3 heteroatoms. The van der Waals surface area contributed by atoms with Crippen LogP contribution in [0.1, 0.15) is 12.8 Å². The van der Waals surface area contributed by atoms with Crippen molar-refractivity contribution in [3.05, 3.63) is 0 Å². The van der Waals surface area contributed by atoms with E-state index in [1.165, 1.54) is 0 Å². The molecule has 0 radical (unpaired) electrons. The topological polar surface area (TPSA) is 49.5 Å². The summed E-state index contributed by atoms with van der Waals surface area (Å²) in [4.78, 5) is 2.24. The molecule has 0 aromatic rings. The quantitative estimate of drug-likeness (QED) is 0.442. The third kappa shape index (κ3) is 0.856. The molecule has 0 aromatic heterocycles. The summed E-state index contributed by atoms with van der Waals surface area (Å²) in [5.41, 5.74) is 4.80. The first-order valence-electron chi connectivity index (χ1n) is 3.92. The highest BCUT2D eigenvalue weighted by Crippen LogP contribution is 2.31. The molecule has 2 bridgehead atoms. The van der Waals surface area contributed by atoms with E-state index in [4.69, 9.17) is 5.73 Å². The zero-order valence-electron chi connectivity index (χ0n) is 6.08. The molecule has 0 spiro atoms. The third-order valence-electron chi connectivity index (χ3n) is 2.77. The van der Waals surface area contributed by atoms with Gasteiger partial charge in [0.1, 0.15) is 5.72 Å². The lowest BCUT2D eigenvalue weighted by molar-refractivity contribution is -0.107. The van der Waals surface area contributed by atoms with Crippen molar-refractivity contribution in [3.8, 4) is 0 Å². The van der Waals surface area contributed by atoms with Crippen LogP contribution in [0.5, 0.6) is 0 Å². The molecule has 0 saturated carbocycles. The molecule has 0 amide bonds. The van der Waals surface area contributed by atoms with Gasteiger partial charge in [-0.05, 0) is 25.9 Å². The average molecular weight is 142 g/mol. The molecule has 3 N–H and O–H groups in total. The van der Waals surface area contributed by atoms with Crippen LogP contribution < -0.4 is 5.73 Å². The fourth-order valence-electron chi connectivity index (χ4n) is 2.08. The Morgan fingerprint density at radius 2 is 2.00 bits per heavy atom. The Labute approximate surface area is 60.8 Å². The molecule has 3 fully saturated rings. The van der Waals surface area contributed by atoms with Gasteiger partial charge in [0, 0.05) is 12.5 Å². The maximum atomic E-state index is 9.60. The minimum absolute atomic E-state index is 0.359. The number of piperidine rings is 3. The lowest BCUT2D eigenvalue weighted by Crippen LogP contribution is -2.63. The minimum Gasteiger partial charge on any atom is -0.374 e. The molecule has 58 valence electrons. The lowest BCUT2D eigenvalue weighted by atomic mass is 9.81. The van der Waals surface area contributed by atoms with Crippen LogP contribution in [0.15, 0.2) is 0 Å². The van der Waals surface area contributed by atoms with Crippen molar-refractivity contribution in [3.63, 3.8) is 0 Å². The van der Waals surface area contributed by atoms with E-state index in [1.54, 1.807) is 0 Å². The standard InChI is InChI=1S/C7H14N2O/c8-7(10)5-9-3-1-6(7)2-4-9/h6,10H,1-5,8H2. The summed E-state index contributed by atoms with van der Waals surface area (Å²) in [6.07, 6.45) is 2.15. The third-order valence-corrected chi connectivity index (χ3v) is 2.77. The Balaban J connectivity index is 2.15. The summed E-state index contributed by atoms with van der Waals surface area (Å²) in [6.45, 7) is 2.94. The summed E-state index contributed by atoms with van der Waals surface area (Å²) >= 11 is 0. The van der Waals surface area contributed by atoms with Gasteiger partial charge in [-0.2, -0.15) is 0 Å². The molecule has 0 aromatic carbocycles. The maximum Gasteiger partial charge on any atom is 0.129 e. The first-order chi connectivity index (χ1) is 4.68. The molecule has 3 rings (SSSR count). The number of fused-ring (bicyclic) bond motifs is 3. The summed E-state index contributed by atoms with van der Waals surface area (Å²) in [7, 11) is 0. The van der Waals surface area contributed by atoms with E-state index in [2.05, 4.69) is 4.90 Å². The SMILES string of the molecule is NC1(O)CN2CCC1CC2. The Morgan fingerprint density at radius 1 is 1.40 bits per heavy atom. The van der Waals surface area contributed by atoms with E-state index in [0.717, 1.165) is 25.9 Å². The molecule has 3 aliphatic rings. The van der Waals surface area contributed by atoms with Crippen molar-refractivity contribution >= 4 is 0 Å². The van der Waals surface area contributed by atoms with Gasteiger partial charge in [0.05, 0.1) is 0 Å². The molecule has 10 heavy (non-hydrogen) atoms. The number of rotatable bonds is 0. The molecule has 3 nitrogen and oxygen atoms in total. The Hall–Kier alpha value is -0.120. The second-order valence-electron chi connectivity index (χ2n) is 3.54. The van der Waals surface area contributed by atoms with Crippen molar-refractivity contribution in [2.45, 2.75) is 18.6 Å². The zero-order valence-corrected chi connectivity index (χ0v) is 6.08. The smallest absolute Gasteiger partial charge is 0.129 e. The summed E-state index contributed by atoms with van der Waals surface area (Å²) < 4.78 is 0. The normalized spacial score (nSPS) is 53.4. The summed E-state index contributed by atoms with van der Waals surface area (Å²) in [5.74, 6) is 0.359. The van der Waals surface area contributed by atoms with Gasteiger partial charge in [0.15, 0.2) is 0 Å². The molecule has 3 heterocycles. The summed E-state index contributed by atoms with van der Waals surface area (Å²) in [5, 5.41) is 9.60. The van der Waals surface area contributed by atoms with E-state index < -0.39 is 5.72 Å². The van der Waals surface area contributed by atoms with Gasteiger partial charge in [-0.1, -0.05) is 0 Å². The average Bonchev–Trinajstić information content (AvgIpc) is 1.87. The van der Waals surface area contributed by atoms with E-state index >= 15 is 0 Å². The van der Waals surface area contributed by atoms with Crippen LogP contribution in [0.2, 0.25) is 0 Å². The van der Waals surface area contributed by atoms with Crippen LogP contribution in [0.25, 0.3) is 0 Å². The lowest BCUT2D eigenvalue weighted by Gasteiger charge is -2.48. The van der Waals surface area contributed by atoms with E-state index in [-0.39, 0.29) is 0 Å². The minimum atomic E-state index is -0.878. The van der Waals surface area contributed by atoms with Crippen molar-refractivity contribution in [1.29, 1.82) is 0 Å². The van der Waals surface area contributed by atoms with Gasteiger partial charge < -0.3 is 10.8 Å². The highest BCUT2D eigenvalue weighted by atomic mass is 16.3. The van der Waals surface area contributed by atoms with Gasteiger partial charge in [-0.3, -0.25) is 4.90 Å². The fourth-order valence-corrected chi connectivity index (χ4v) is 2.08. The Kier molecular flexibility index (Phi) is 1.27. The van der Waals surface area contributed by atoms with Crippen LogP contribution in [0.4, 0.5) is 0 Å².